The maximum atomic E-state index is 13.6. The Balaban J connectivity index is 2.47. The summed E-state index contributed by atoms with van der Waals surface area (Å²) in [6.07, 6.45) is 0. The Hall–Kier alpha value is -2.69. The summed E-state index contributed by atoms with van der Waals surface area (Å²) in [6, 6.07) is 12.6. The van der Waals surface area contributed by atoms with E-state index in [9.17, 15) is 14.0 Å². The molecule has 1 heterocycles. The number of benzene rings is 2. The van der Waals surface area contributed by atoms with E-state index in [1.54, 1.807) is 30.3 Å². The SMILES string of the molecule is O=c1[nH]c2c(F)cccc2c(=O)n1-c1ccccc1. The molecule has 0 saturated heterocycles. The number of aromatic amines is 1. The van der Waals surface area contributed by atoms with Gasteiger partial charge in [0.25, 0.3) is 5.56 Å². The number of fused-ring (bicyclic) bond motifs is 1. The molecule has 19 heavy (non-hydrogen) atoms. The Bertz CT molecular complexity index is 866. The quantitative estimate of drug-likeness (QED) is 0.722. The molecule has 0 atom stereocenters. The summed E-state index contributed by atoms with van der Waals surface area (Å²) in [6.45, 7) is 0. The fourth-order valence-corrected chi connectivity index (χ4v) is 2.02. The summed E-state index contributed by atoms with van der Waals surface area (Å²) < 4.78 is 14.5. The lowest BCUT2D eigenvalue weighted by atomic mass is 10.2. The molecule has 4 nitrogen and oxygen atoms in total. The molecule has 94 valence electrons. The van der Waals surface area contributed by atoms with Crippen molar-refractivity contribution in [3.05, 3.63) is 75.2 Å². The second-order valence-corrected chi connectivity index (χ2v) is 4.07. The first-order chi connectivity index (χ1) is 9.18. The molecule has 0 bridgehead atoms. The van der Waals surface area contributed by atoms with Gasteiger partial charge in [0.05, 0.1) is 16.6 Å². The van der Waals surface area contributed by atoms with E-state index in [0.29, 0.717) is 5.69 Å². The highest BCUT2D eigenvalue weighted by Crippen LogP contribution is 2.10. The van der Waals surface area contributed by atoms with E-state index in [-0.39, 0.29) is 10.9 Å². The minimum absolute atomic E-state index is 0.0651. The number of nitrogens with one attached hydrogen (secondary N) is 1. The first-order valence-corrected chi connectivity index (χ1v) is 5.67. The molecule has 0 radical (unpaired) electrons. The van der Waals surface area contributed by atoms with Crippen LogP contribution in [0.5, 0.6) is 0 Å². The van der Waals surface area contributed by atoms with Gasteiger partial charge in [-0.3, -0.25) is 4.79 Å². The summed E-state index contributed by atoms with van der Waals surface area (Å²) in [4.78, 5) is 26.6. The Morgan fingerprint density at radius 3 is 2.42 bits per heavy atom. The van der Waals surface area contributed by atoms with Crippen molar-refractivity contribution in [1.82, 2.24) is 9.55 Å². The topological polar surface area (TPSA) is 54.9 Å². The number of hydrogen-bond donors (Lipinski definition) is 1. The first-order valence-electron chi connectivity index (χ1n) is 5.67. The van der Waals surface area contributed by atoms with E-state index >= 15 is 0 Å². The standard InChI is InChI=1S/C14H9FN2O2/c15-11-8-4-7-10-12(11)16-14(19)17(13(10)18)9-5-2-1-3-6-9/h1-8H,(H,16,19). The molecule has 1 aromatic heterocycles. The number of hydrogen-bond acceptors (Lipinski definition) is 2. The molecule has 0 aliphatic rings. The van der Waals surface area contributed by atoms with Crippen LogP contribution in [0, 0.1) is 5.82 Å². The molecule has 0 amide bonds. The van der Waals surface area contributed by atoms with Crippen LogP contribution in [-0.4, -0.2) is 9.55 Å². The number of para-hydroxylation sites is 2. The highest BCUT2D eigenvalue weighted by molar-refractivity contribution is 5.78. The van der Waals surface area contributed by atoms with Crippen molar-refractivity contribution < 1.29 is 4.39 Å². The molecule has 0 aliphatic carbocycles. The Morgan fingerprint density at radius 2 is 1.68 bits per heavy atom. The van der Waals surface area contributed by atoms with Crippen LogP contribution >= 0.6 is 0 Å². The fourth-order valence-electron chi connectivity index (χ4n) is 2.02. The van der Waals surface area contributed by atoms with Gasteiger partial charge >= 0.3 is 5.69 Å². The normalized spacial score (nSPS) is 10.8. The third-order valence-corrected chi connectivity index (χ3v) is 2.90. The number of aromatic nitrogens is 2. The van der Waals surface area contributed by atoms with Crippen molar-refractivity contribution in [2.24, 2.45) is 0 Å². The van der Waals surface area contributed by atoms with Gasteiger partial charge in [0.1, 0.15) is 5.82 Å². The maximum Gasteiger partial charge on any atom is 0.333 e. The van der Waals surface area contributed by atoms with Gasteiger partial charge in [-0.2, -0.15) is 0 Å². The molecule has 0 saturated carbocycles. The lowest BCUT2D eigenvalue weighted by Crippen LogP contribution is -2.33. The zero-order chi connectivity index (χ0) is 13.4. The summed E-state index contributed by atoms with van der Waals surface area (Å²) in [5.74, 6) is -0.619. The largest absolute Gasteiger partial charge is 0.333 e. The number of rotatable bonds is 1. The van der Waals surface area contributed by atoms with Crippen LogP contribution in [0.3, 0.4) is 0 Å². The van der Waals surface area contributed by atoms with Crippen molar-refractivity contribution in [3.63, 3.8) is 0 Å². The lowest BCUT2D eigenvalue weighted by Gasteiger charge is -2.06. The fraction of sp³-hybridized carbons (Fsp3) is 0. The lowest BCUT2D eigenvalue weighted by molar-refractivity contribution is 0.635. The molecule has 2 aromatic carbocycles. The van der Waals surface area contributed by atoms with E-state index in [0.717, 1.165) is 4.57 Å². The predicted molar refractivity (Wildman–Crippen MR) is 70.1 cm³/mol. The van der Waals surface area contributed by atoms with Crippen LogP contribution in [0.1, 0.15) is 0 Å². The van der Waals surface area contributed by atoms with Gasteiger partial charge < -0.3 is 4.98 Å². The van der Waals surface area contributed by atoms with Crippen LogP contribution in [0.15, 0.2) is 58.1 Å². The number of halogens is 1. The summed E-state index contributed by atoms with van der Waals surface area (Å²) in [7, 11) is 0. The predicted octanol–water partition coefficient (Wildman–Crippen LogP) is 1.82. The summed E-state index contributed by atoms with van der Waals surface area (Å²) >= 11 is 0. The Kier molecular flexibility index (Phi) is 2.52. The van der Waals surface area contributed by atoms with Crippen molar-refractivity contribution >= 4 is 10.9 Å². The van der Waals surface area contributed by atoms with Crippen molar-refractivity contribution in [1.29, 1.82) is 0 Å². The molecule has 0 unspecified atom stereocenters. The van der Waals surface area contributed by atoms with E-state index < -0.39 is 17.1 Å². The molecule has 1 N–H and O–H groups in total. The average molecular weight is 256 g/mol. The Morgan fingerprint density at radius 1 is 0.947 bits per heavy atom. The Labute approximate surface area is 106 Å². The zero-order valence-corrected chi connectivity index (χ0v) is 9.76. The van der Waals surface area contributed by atoms with Gasteiger partial charge in [-0.15, -0.1) is 0 Å². The molecule has 3 rings (SSSR count). The number of H-pyrrole nitrogens is 1. The molecule has 3 aromatic rings. The minimum Gasteiger partial charge on any atom is -0.304 e. The zero-order valence-electron chi connectivity index (χ0n) is 9.76. The van der Waals surface area contributed by atoms with Gasteiger partial charge in [0.15, 0.2) is 0 Å². The number of nitrogens with zero attached hydrogens (tertiary/aromatic N) is 1. The van der Waals surface area contributed by atoms with Gasteiger partial charge in [-0.05, 0) is 24.3 Å². The highest BCUT2D eigenvalue weighted by atomic mass is 19.1. The van der Waals surface area contributed by atoms with Crippen molar-refractivity contribution in [3.8, 4) is 5.69 Å². The minimum atomic E-state index is -0.659. The van der Waals surface area contributed by atoms with Crippen molar-refractivity contribution in [2.45, 2.75) is 0 Å². The third-order valence-electron chi connectivity index (χ3n) is 2.90. The maximum absolute atomic E-state index is 13.6. The molecule has 0 spiro atoms. The van der Waals surface area contributed by atoms with Crippen LogP contribution in [0.2, 0.25) is 0 Å². The van der Waals surface area contributed by atoms with E-state index in [1.807, 2.05) is 0 Å². The smallest absolute Gasteiger partial charge is 0.304 e. The highest BCUT2D eigenvalue weighted by Gasteiger charge is 2.11. The van der Waals surface area contributed by atoms with Crippen LogP contribution in [0.25, 0.3) is 16.6 Å². The van der Waals surface area contributed by atoms with Gasteiger partial charge in [-0.1, -0.05) is 24.3 Å². The van der Waals surface area contributed by atoms with E-state index in [1.165, 1.54) is 18.2 Å². The van der Waals surface area contributed by atoms with Crippen LogP contribution < -0.4 is 11.2 Å². The second kappa shape index (κ2) is 4.20. The van der Waals surface area contributed by atoms with Crippen LogP contribution in [0.4, 0.5) is 4.39 Å². The summed E-state index contributed by atoms with van der Waals surface area (Å²) in [5.41, 5.74) is -0.817. The van der Waals surface area contributed by atoms with Gasteiger partial charge in [-0.25, -0.2) is 13.8 Å². The summed E-state index contributed by atoms with van der Waals surface area (Å²) in [5, 5.41) is 0.142. The third kappa shape index (κ3) is 1.76. The monoisotopic (exact) mass is 256 g/mol. The molecule has 5 heteroatoms. The molecule has 0 aliphatic heterocycles. The van der Waals surface area contributed by atoms with E-state index in [2.05, 4.69) is 4.98 Å². The second-order valence-electron chi connectivity index (χ2n) is 4.07. The van der Waals surface area contributed by atoms with Gasteiger partial charge in [0, 0.05) is 0 Å². The van der Waals surface area contributed by atoms with E-state index in [4.69, 9.17) is 0 Å². The van der Waals surface area contributed by atoms with Crippen molar-refractivity contribution in [2.75, 3.05) is 0 Å². The molecular weight excluding hydrogens is 247 g/mol. The first kappa shape index (κ1) is 11.4. The molecule has 0 fully saturated rings. The van der Waals surface area contributed by atoms with Gasteiger partial charge in [0.2, 0.25) is 0 Å². The van der Waals surface area contributed by atoms with Crippen LogP contribution in [-0.2, 0) is 0 Å². The molecular formula is C14H9FN2O2. The average Bonchev–Trinajstić information content (AvgIpc) is 2.41.